The molecule has 0 saturated carbocycles. The molecule has 0 atom stereocenters. The Hall–Kier alpha value is -2.25. The van der Waals surface area contributed by atoms with Crippen LogP contribution in [0.5, 0.6) is 11.5 Å². The highest BCUT2D eigenvalue weighted by Gasteiger charge is 2.17. The summed E-state index contributed by atoms with van der Waals surface area (Å²) >= 11 is 3.09. The first-order valence-electron chi connectivity index (χ1n) is 8.37. The first-order valence-corrected chi connectivity index (χ1v) is 10.3. The van der Waals surface area contributed by atoms with Crippen molar-refractivity contribution in [1.82, 2.24) is 4.57 Å². The zero-order valence-electron chi connectivity index (χ0n) is 14.3. The monoisotopic (exact) mass is 386 g/mol. The van der Waals surface area contributed by atoms with Gasteiger partial charge in [0.05, 0.1) is 16.0 Å². The Labute approximate surface area is 159 Å². The van der Waals surface area contributed by atoms with E-state index in [-0.39, 0.29) is 12.7 Å². The molecule has 0 N–H and O–H groups in total. The smallest absolute Gasteiger partial charge is 0.258 e. The summed E-state index contributed by atoms with van der Waals surface area (Å²) in [6.07, 6.45) is 0. The maximum Gasteiger partial charge on any atom is 0.258 e. The zero-order valence-corrected chi connectivity index (χ0v) is 15.9. The summed E-state index contributed by atoms with van der Waals surface area (Å²) in [5.41, 5.74) is 2.23. The molecule has 0 fully saturated rings. The predicted molar refractivity (Wildman–Crippen MR) is 105 cm³/mol. The Kier molecular flexibility index (Phi) is 4.99. The number of thiazole rings is 1. The van der Waals surface area contributed by atoms with E-state index < -0.39 is 0 Å². The number of benzene rings is 2. The van der Waals surface area contributed by atoms with Crippen molar-refractivity contribution in [3.63, 3.8) is 0 Å². The highest BCUT2D eigenvalue weighted by Crippen LogP contribution is 2.36. The fourth-order valence-electron chi connectivity index (χ4n) is 2.82. The van der Waals surface area contributed by atoms with Gasteiger partial charge in [-0.15, -0.1) is 11.8 Å². The number of amides is 1. The van der Waals surface area contributed by atoms with Crippen LogP contribution in [0.3, 0.4) is 0 Å². The van der Waals surface area contributed by atoms with Gasteiger partial charge in [0.15, 0.2) is 16.3 Å². The van der Waals surface area contributed by atoms with Crippen LogP contribution < -0.4 is 14.3 Å². The fourth-order valence-corrected chi connectivity index (χ4v) is 4.71. The van der Waals surface area contributed by atoms with Gasteiger partial charge < -0.3 is 14.0 Å². The first kappa shape index (κ1) is 17.2. The normalized spacial score (nSPS) is 13.5. The van der Waals surface area contributed by atoms with E-state index in [1.54, 1.807) is 11.8 Å². The van der Waals surface area contributed by atoms with E-state index in [1.807, 2.05) is 41.8 Å². The van der Waals surface area contributed by atoms with Crippen LogP contribution in [0.2, 0.25) is 0 Å². The maximum absolute atomic E-state index is 12.3. The predicted octanol–water partition coefficient (Wildman–Crippen LogP) is 3.81. The SMILES string of the molecule is CCn1c(=NC(=O)CSCc2ccccc2)sc2cc3c(cc21)OCO3. The van der Waals surface area contributed by atoms with Crippen molar-refractivity contribution in [1.29, 1.82) is 0 Å². The van der Waals surface area contributed by atoms with Crippen LogP contribution >= 0.6 is 23.1 Å². The molecule has 0 radical (unpaired) electrons. The van der Waals surface area contributed by atoms with Crippen LogP contribution in [0.4, 0.5) is 0 Å². The minimum Gasteiger partial charge on any atom is -0.454 e. The van der Waals surface area contributed by atoms with Gasteiger partial charge in [0.25, 0.3) is 5.91 Å². The summed E-state index contributed by atoms with van der Waals surface area (Å²) in [5, 5.41) is 0. The van der Waals surface area contributed by atoms with E-state index in [0.29, 0.717) is 5.75 Å². The van der Waals surface area contributed by atoms with Crippen molar-refractivity contribution in [2.24, 2.45) is 4.99 Å². The average molecular weight is 386 g/mol. The minimum absolute atomic E-state index is 0.111. The summed E-state index contributed by atoms with van der Waals surface area (Å²) in [6, 6.07) is 14.1. The van der Waals surface area contributed by atoms with Crippen LogP contribution in [0, 0.1) is 0 Å². The molecular weight excluding hydrogens is 368 g/mol. The topological polar surface area (TPSA) is 52.8 Å². The number of fused-ring (bicyclic) bond motifs is 2. The van der Waals surface area contributed by atoms with Gasteiger partial charge in [0, 0.05) is 24.4 Å². The lowest BCUT2D eigenvalue weighted by atomic mass is 10.2. The second-order valence-electron chi connectivity index (χ2n) is 5.79. The molecule has 2 aromatic carbocycles. The van der Waals surface area contributed by atoms with Crippen LogP contribution in [0.1, 0.15) is 12.5 Å². The Morgan fingerprint density at radius 1 is 1.23 bits per heavy atom. The number of rotatable bonds is 5. The maximum atomic E-state index is 12.3. The molecule has 4 rings (SSSR count). The lowest BCUT2D eigenvalue weighted by Crippen LogP contribution is -2.16. The Balaban J connectivity index is 1.54. The highest BCUT2D eigenvalue weighted by atomic mass is 32.2. The molecule has 0 saturated heterocycles. The summed E-state index contributed by atoms with van der Waals surface area (Å²) in [5.74, 6) is 2.56. The second-order valence-corrected chi connectivity index (χ2v) is 7.78. The summed E-state index contributed by atoms with van der Waals surface area (Å²) < 4.78 is 14.0. The van der Waals surface area contributed by atoms with Crippen molar-refractivity contribution in [2.45, 2.75) is 19.2 Å². The van der Waals surface area contributed by atoms with E-state index in [0.717, 1.165) is 38.8 Å². The number of ether oxygens (including phenoxy) is 2. The van der Waals surface area contributed by atoms with Gasteiger partial charge in [-0.25, -0.2) is 0 Å². The van der Waals surface area contributed by atoms with E-state index in [4.69, 9.17) is 9.47 Å². The van der Waals surface area contributed by atoms with Crippen LogP contribution in [-0.4, -0.2) is 23.0 Å². The molecule has 5 nitrogen and oxygen atoms in total. The number of thioether (sulfide) groups is 1. The van der Waals surface area contributed by atoms with Gasteiger partial charge in [-0.2, -0.15) is 4.99 Å². The molecule has 1 aliphatic rings. The number of aromatic nitrogens is 1. The number of nitrogens with zero attached hydrogens (tertiary/aromatic N) is 2. The molecule has 0 aliphatic carbocycles. The van der Waals surface area contributed by atoms with Crippen molar-refractivity contribution in [2.75, 3.05) is 12.5 Å². The Bertz CT molecular complexity index is 1010. The molecule has 0 spiro atoms. The molecule has 134 valence electrons. The zero-order chi connectivity index (χ0) is 17.9. The van der Waals surface area contributed by atoms with Crippen molar-refractivity contribution in [3.8, 4) is 11.5 Å². The van der Waals surface area contributed by atoms with Crippen molar-refractivity contribution in [3.05, 3.63) is 52.8 Å². The quantitative estimate of drug-likeness (QED) is 0.669. The van der Waals surface area contributed by atoms with Gasteiger partial charge in [-0.05, 0) is 12.5 Å². The standard InChI is InChI=1S/C19H18N2O3S2/c1-2-21-14-8-15-16(24-12-23-15)9-17(14)26-19(21)20-18(22)11-25-10-13-6-4-3-5-7-13/h3-9H,2,10-12H2,1H3. The van der Waals surface area contributed by atoms with Gasteiger partial charge in [-0.1, -0.05) is 41.7 Å². The third kappa shape index (κ3) is 3.50. The van der Waals surface area contributed by atoms with E-state index >= 15 is 0 Å². The fraction of sp³-hybridized carbons (Fsp3) is 0.263. The number of carbonyl (C=O) groups excluding carboxylic acids is 1. The van der Waals surface area contributed by atoms with Gasteiger partial charge >= 0.3 is 0 Å². The van der Waals surface area contributed by atoms with Crippen LogP contribution in [-0.2, 0) is 17.1 Å². The molecular formula is C19H18N2O3S2. The average Bonchev–Trinajstić information content (AvgIpc) is 3.23. The minimum atomic E-state index is -0.111. The molecule has 0 unspecified atom stereocenters. The lowest BCUT2D eigenvalue weighted by Gasteiger charge is -2.02. The first-order chi connectivity index (χ1) is 12.7. The van der Waals surface area contributed by atoms with E-state index in [2.05, 4.69) is 17.1 Å². The molecule has 0 bridgehead atoms. The van der Waals surface area contributed by atoms with Gasteiger partial charge in [-0.3, -0.25) is 4.79 Å². The molecule has 26 heavy (non-hydrogen) atoms. The van der Waals surface area contributed by atoms with E-state index in [9.17, 15) is 4.79 Å². The molecule has 1 aliphatic heterocycles. The Morgan fingerprint density at radius 2 is 2.00 bits per heavy atom. The molecule has 2 heterocycles. The second kappa shape index (κ2) is 7.55. The molecule has 7 heteroatoms. The number of aryl methyl sites for hydroxylation is 1. The van der Waals surface area contributed by atoms with Crippen LogP contribution in [0.15, 0.2) is 47.5 Å². The third-order valence-electron chi connectivity index (χ3n) is 4.05. The summed E-state index contributed by atoms with van der Waals surface area (Å²) in [7, 11) is 0. The lowest BCUT2D eigenvalue weighted by molar-refractivity contribution is -0.115. The number of hydrogen-bond acceptors (Lipinski definition) is 5. The van der Waals surface area contributed by atoms with Crippen molar-refractivity contribution >= 4 is 39.2 Å². The summed E-state index contributed by atoms with van der Waals surface area (Å²) in [6.45, 7) is 3.04. The van der Waals surface area contributed by atoms with Crippen molar-refractivity contribution < 1.29 is 14.3 Å². The largest absolute Gasteiger partial charge is 0.454 e. The number of hydrogen-bond donors (Lipinski definition) is 0. The van der Waals surface area contributed by atoms with Crippen LogP contribution in [0.25, 0.3) is 10.2 Å². The summed E-state index contributed by atoms with van der Waals surface area (Å²) in [4.78, 5) is 17.4. The van der Waals surface area contributed by atoms with Gasteiger partial charge in [0.2, 0.25) is 6.79 Å². The molecule has 3 aromatic rings. The third-order valence-corrected chi connectivity index (χ3v) is 6.08. The molecule has 1 aromatic heterocycles. The van der Waals surface area contributed by atoms with Gasteiger partial charge in [0.1, 0.15) is 0 Å². The Morgan fingerprint density at radius 3 is 2.77 bits per heavy atom. The van der Waals surface area contributed by atoms with E-state index in [1.165, 1.54) is 16.9 Å². The highest BCUT2D eigenvalue weighted by molar-refractivity contribution is 7.99. The molecule has 1 amide bonds. The number of carbonyl (C=O) groups is 1.